The third kappa shape index (κ3) is 4.57. The van der Waals surface area contributed by atoms with Gasteiger partial charge in [-0.15, -0.1) is 0 Å². The van der Waals surface area contributed by atoms with Crippen molar-refractivity contribution in [1.82, 2.24) is 0 Å². The van der Waals surface area contributed by atoms with Crippen molar-refractivity contribution in [3.63, 3.8) is 0 Å². The van der Waals surface area contributed by atoms with Gasteiger partial charge in [-0.3, -0.25) is 9.36 Å². The summed E-state index contributed by atoms with van der Waals surface area (Å²) in [6, 6.07) is 3.67. The highest BCUT2D eigenvalue weighted by atomic mass is 31.2. The van der Waals surface area contributed by atoms with E-state index in [1.54, 1.807) is 14.0 Å². The van der Waals surface area contributed by atoms with E-state index in [1.807, 2.05) is 12.1 Å². The van der Waals surface area contributed by atoms with Gasteiger partial charge in [-0.25, -0.2) is 0 Å². The van der Waals surface area contributed by atoms with E-state index in [0.29, 0.717) is 5.56 Å². The van der Waals surface area contributed by atoms with Gasteiger partial charge in [-0.2, -0.15) is 0 Å². The number of benzene rings is 1. The van der Waals surface area contributed by atoms with Gasteiger partial charge in [0.05, 0.1) is 7.11 Å². The van der Waals surface area contributed by atoms with Crippen molar-refractivity contribution in [2.24, 2.45) is 0 Å². The Morgan fingerprint density at radius 2 is 1.31 bits per heavy atom. The molecule has 0 radical (unpaired) electrons. The van der Waals surface area contributed by atoms with Crippen LogP contribution in [0.5, 0.6) is 5.75 Å². The number of ketones is 1. The highest BCUT2D eigenvalue weighted by molar-refractivity contribution is 7.55. The summed E-state index contributed by atoms with van der Waals surface area (Å²) in [7, 11) is 0.732. The minimum atomic E-state index is -3.50. The fourth-order valence-electron chi connectivity index (χ4n) is 2.88. The smallest absolute Gasteiger partial charge is 0.340 e. The van der Waals surface area contributed by atoms with Crippen LogP contribution >= 0.6 is 7.60 Å². The van der Waals surface area contributed by atoms with Crippen LogP contribution in [0.3, 0.4) is 0 Å². The van der Waals surface area contributed by atoms with Crippen LogP contribution < -0.4 is 4.74 Å². The Hall–Kier alpha value is -1.16. The molecule has 0 aromatic heterocycles. The van der Waals surface area contributed by atoms with Crippen LogP contribution in [0, 0.1) is 0 Å². The Kier molecular flexibility index (Phi) is 6.90. The van der Waals surface area contributed by atoms with Crippen molar-refractivity contribution < 1.29 is 23.1 Å². The summed E-state index contributed by atoms with van der Waals surface area (Å²) in [5.41, 5.74) is 1.02. The molecule has 0 bridgehead atoms. The monoisotopic (exact) mass is 384 g/mol. The Morgan fingerprint density at radius 3 is 1.58 bits per heavy atom. The Morgan fingerprint density at radius 1 is 0.923 bits per heavy atom. The molecule has 148 valence electrons. The molecule has 0 spiro atoms. The number of carbonyl (C=O) groups is 1. The number of ether oxygens (including phenoxy) is 1. The highest BCUT2D eigenvalue weighted by Crippen LogP contribution is 2.52. The second kappa shape index (κ2) is 7.84. The van der Waals surface area contributed by atoms with Crippen LogP contribution in [-0.2, 0) is 24.4 Å². The van der Waals surface area contributed by atoms with Crippen molar-refractivity contribution in [2.75, 3.05) is 21.3 Å². The SMILES string of the molecule is COc1c(C(C)(C)C)cc(C(=O)C(C)P(=O)(OC)OC)cc1C(C)(C)C. The molecule has 1 aromatic carbocycles. The summed E-state index contributed by atoms with van der Waals surface area (Å²) in [5, 5.41) is 0. The molecule has 26 heavy (non-hydrogen) atoms. The molecule has 0 aliphatic carbocycles. The number of hydrogen-bond acceptors (Lipinski definition) is 5. The molecule has 1 atom stereocenters. The van der Waals surface area contributed by atoms with Gasteiger partial charge in [0.15, 0.2) is 5.78 Å². The normalized spacial score (nSPS) is 14.2. The van der Waals surface area contributed by atoms with E-state index < -0.39 is 13.3 Å². The third-order valence-electron chi connectivity index (χ3n) is 4.56. The maximum Gasteiger partial charge on any atom is 0.340 e. The van der Waals surface area contributed by atoms with Crippen LogP contribution in [-0.4, -0.2) is 32.8 Å². The number of carbonyl (C=O) groups excluding carboxylic acids is 1. The van der Waals surface area contributed by atoms with E-state index in [1.165, 1.54) is 14.2 Å². The number of Topliss-reactive ketones (excluding diaryl/α,β-unsaturated/α-hetero) is 1. The lowest BCUT2D eigenvalue weighted by molar-refractivity contribution is 0.0978. The van der Waals surface area contributed by atoms with E-state index >= 15 is 0 Å². The zero-order valence-electron chi connectivity index (χ0n) is 17.7. The van der Waals surface area contributed by atoms with Gasteiger partial charge in [0.1, 0.15) is 11.4 Å². The summed E-state index contributed by atoms with van der Waals surface area (Å²) in [4.78, 5) is 13.1. The molecule has 0 aliphatic heterocycles. The van der Waals surface area contributed by atoms with Crippen molar-refractivity contribution in [3.05, 3.63) is 28.8 Å². The first-order chi connectivity index (χ1) is 11.7. The minimum Gasteiger partial charge on any atom is -0.496 e. The standard InChI is InChI=1S/C20H33O5P/c1-13(26(22,24-9)25-10)17(21)14-11-15(19(2,3)4)18(23-8)16(12-14)20(5,6)7/h11-13H,1-10H3. The molecule has 0 fully saturated rings. The molecule has 1 unspecified atom stereocenters. The van der Waals surface area contributed by atoms with E-state index in [0.717, 1.165) is 16.9 Å². The Bertz CT molecular complexity index is 667. The second-order valence-electron chi connectivity index (χ2n) is 8.55. The predicted octanol–water partition coefficient (Wildman–Crippen LogP) is 5.35. The second-order valence-corrected chi connectivity index (χ2v) is 11.1. The Labute approximate surface area is 158 Å². The van der Waals surface area contributed by atoms with Crippen LogP contribution in [0.4, 0.5) is 0 Å². The van der Waals surface area contributed by atoms with E-state index in [9.17, 15) is 9.36 Å². The van der Waals surface area contributed by atoms with Crippen LogP contribution in [0.2, 0.25) is 0 Å². The van der Waals surface area contributed by atoms with Crippen molar-refractivity contribution in [1.29, 1.82) is 0 Å². The predicted molar refractivity (Wildman–Crippen MR) is 106 cm³/mol. The van der Waals surface area contributed by atoms with Crippen molar-refractivity contribution in [2.45, 2.75) is 65.0 Å². The molecule has 0 aliphatic rings. The molecule has 0 heterocycles. The van der Waals surface area contributed by atoms with Crippen molar-refractivity contribution in [3.8, 4) is 5.75 Å². The zero-order chi connectivity index (χ0) is 20.5. The summed E-state index contributed by atoms with van der Waals surface area (Å²) >= 11 is 0. The van der Waals surface area contributed by atoms with E-state index in [4.69, 9.17) is 13.8 Å². The summed E-state index contributed by atoms with van der Waals surface area (Å²) in [5.74, 6) is 0.520. The van der Waals surface area contributed by atoms with Gasteiger partial charge < -0.3 is 13.8 Å². The fourth-order valence-corrected chi connectivity index (χ4v) is 4.10. The summed E-state index contributed by atoms with van der Waals surface area (Å²) in [6.07, 6.45) is 0. The third-order valence-corrected chi connectivity index (χ3v) is 6.76. The fraction of sp³-hybridized carbons (Fsp3) is 0.650. The molecule has 0 saturated heterocycles. The van der Waals surface area contributed by atoms with Gasteiger partial charge in [-0.1, -0.05) is 41.5 Å². The summed E-state index contributed by atoms with van der Waals surface area (Å²) < 4.78 is 28.4. The topological polar surface area (TPSA) is 61.8 Å². The lowest BCUT2D eigenvalue weighted by atomic mass is 9.78. The van der Waals surface area contributed by atoms with Gasteiger partial charge >= 0.3 is 7.60 Å². The zero-order valence-corrected chi connectivity index (χ0v) is 18.6. The van der Waals surface area contributed by atoms with Crippen LogP contribution in [0.15, 0.2) is 12.1 Å². The Balaban J connectivity index is 3.69. The van der Waals surface area contributed by atoms with Gasteiger partial charge in [0.2, 0.25) is 0 Å². The first-order valence-corrected chi connectivity index (χ1v) is 10.3. The lowest BCUT2D eigenvalue weighted by Gasteiger charge is -2.30. The minimum absolute atomic E-state index is 0.225. The largest absolute Gasteiger partial charge is 0.496 e. The highest BCUT2D eigenvalue weighted by Gasteiger charge is 2.38. The quantitative estimate of drug-likeness (QED) is 0.489. The average molecular weight is 384 g/mol. The molecule has 5 nitrogen and oxygen atoms in total. The first kappa shape index (κ1) is 22.9. The van der Waals surface area contributed by atoms with E-state index in [2.05, 4.69) is 41.5 Å². The van der Waals surface area contributed by atoms with E-state index in [-0.39, 0.29) is 16.6 Å². The summed E-state index contributed by atoms with van der Waals surface area (Å²) in [6.45, 7) is 14.0. The van der Waals surface area contributed by atoms with Crippen molar-refractivity contribution >= 4 is 13.4 Å². The molecule has 0 amide bonds. The first-order valence-electron chi connectivity index (χ1n) is 8.71. The molecular formula is C20H33O5P. The lowest BCUT2D eigenvalue weighted by Crippen LogP contribution is -2.24. The van der Waals surface area contributed by atoms with Crippen LogP contribution in [0.25, 0.3) is 0 Å². The molecule has 0 N–H and O–H groups in total. The number of methoxy groups -OCH3 is 1. The number of rotatable bonds is 6. The van der Waals surface area contributed by atoms with Gasteiger partial charge in [0.25, 0.3) is 0 Å². The maximum atomic E-state index is 13.1. The molecule has 1 rings (SSSR count). The maximum absolute atomic E-state index is 13.1. The van der Waals surface area contributed by atoms with Crippen LogP contribution in [0.1, 0.15) is 70.0 Å². The molecular weight excluding hydrogens is 351 g/mol. The molecule has 1 aromatic rings. The van der Waals surface area contributed by atoms with Gasteiger partial charge in [0, 0.05) is 30.9 Å². The molecule has 6 heteroatoms. The number of hydrogen-bond donors (Lipinski definition) is 0. The molecule has 0 saturated carbocycles. The average Bonchev–Trinajstić information content (AvgIpc) is 2.56. The van der Waals surface area contributed by atoms with Gasteiger partial charge in [-0.05, 0) is 29.9 Å².